The first-order valence-electron chi connectivity index (χ1n) is 5.44. The first kappa shape index (κ1) is 14.5. The molecule has 0 N–H and O–H groups in total. The summed E-state index contributed by atoms with van der Waals surface area (Å²) in [5.41, 5.74) is 0. The van der Waals surface area contributed by atoms with Crippen molar-refractivity contribution in [2.75, 3.05) is 6.61 Å². The standard InChI is InChI=1S/C8H24O3Si3/c1-6-12-9-7-8(10-13(2)3)11-14(4)5/h8,13-14H,6-7,12H2,1-5H3. The maximum absolute atomic E-state index is 5.76. The van der Waals surface area contributed by atoms with Gasteiger partial charge in [0.05, 0.1) is 6.61 Å². The quantitative estimate of drug-likeness (QED) is 0.364. The number of hydrogen-bond donors (Lipinski definition) is 0. The van der Waals surface area contributed by atoms with Crippen LogP contribution in [0, 0.1) is 0 Å². The highest BCUT2D eigenvalue weighted by atomic mass is 28.3. The van der Waals surface area contributed by atoms with Crippen LogP contribution >= 0.6 is 0 Å². The molecular formula is C8H24O3Si3. The molecule has 0 heterocycles. The van der Waals surface area contributed by atoms with Gasteiger partial charge >= 0.3 is 0 Å². The lowest BCUT2D eigenvalue weighted by Gasteiger charge is -2.23. The predicted octanol–water partition coefficient (Wildman–Crippen LogP) is 0.851. The van der Waals surface area contributed by atoms with Crippen molar-refractivity contribution in [3.63, 3.8) is 0 Å². The molecule has 3 nitrogen and oxygen atoms in total. The lowest BCUT2D eigenvalue weighted by molar-refractivity contribution is -0.0304. The molecule has 0 aliphatic heterocycles. The molecule has 0 amide bonds. The third-order valence-electron chi connectivity index (χ3n) is 1.45. The lowest BCUT2D eigenvalue weighted by atomic mass is 10.7. The van der Waals surface area contributed by atoms with Crippen LogP contribution in [0.3, 0.4) is 0 Å². The third kappa shape index (κ3) is 9.10. The van der Waals surface area contributed by atoms with E-state index in [2.05, 4.69) is 33.1 Å². The van der Waals surface area contributed by atoms with Crippen molar-refractivity contribution in [2.24, 2.45) is 0 Å². The summed E-state index contributed by atoms with van der Waals surface area (Å²) in [7, 11) is -2.33. The molecule has 0 aromatic rings. The van der Waals surface area contributed by atoms with Crippen LogP contribution in [0.4, 0.5) is 0 Å². The van der Waals surface area contributed by atoms with E-state index in [9.17, 15) is 0 Å². The minimum absolute atomic E-state index is 0.0765. The Bertz CT molecular complexity index is 123. The van der Waals surface area contributed by atoms with E-state index in [-0.39, 0.29) is 16.1 Å². The van der Waals surface area contributed by atoms with Crippen LogP contribution in [0.5, 0.6) is 0 Å². The van der Waals surface area contributed by atoms with Crippen LogP contribution in [0.25, 0.3) is 0 Å². The highest BCUT2D eigenvalue weighted by molar-refractivity contribution is 6.49. The average Bonchev–Trinajstić information content (AvgIpc) is 2.02. The zero-order valence-electron chi connectivity index (χ0n) is 10.1. The minimum atomic E-state index is -1.01. The van der Waals surface area contributed by atoms with Gasteiger partial charge in [-0.3, -0.25) is 0 Å². The Labute approximate surface area is 93.5 Å². The zero-order chi connectivity index (χ0) is 11.0. The van der Waals surface area contributed by atoms with Gasteiger partial charge in [0, 0.05) is 0 Å². The maximum Gasteiger partial charge on any atom is 0.174 e. The monoisotopic (exact) mass is 252 g/mol. The fraction of sp³-hybridized carbons (Fsp3) is 1.00. The van der Waals surface area contributed by atoms with Crippen molar-refractivity contribution in [2.45, 2.75) is 45.4 Å². The van der Waals surface area contributed by atoms with Crippen molar-refractivity contribution >= 4 is 27.8 Å². The Morgan fingerprint density at radius 3 is 1.93 bits per heavy atom. The molecule has 0 aliphatic carbocycles. The van der Waals surface area contributed by atoms with Gasteiger partial charge in [0.1, 0.15) is 0 Å². The van der Waals surface area contributed by atoms with Crippen molar-refractivity contribution in [3.05, 3.63) is 0 Å². The molecule has 0 atom stereocenters. The van der Waals surface area contributed by atoms with Crippen LogP contribution in [-0.2, 0) is 13.3 Å². The summed E-state index contributed by atoms with van der Waals surface area (Å²) in [5, 5.41) is 0. The van der Waals surface area contributed by atoms with Crippen LogP contribution < -0.4 is 0 Å². The fourth-order valence-electron chi connectivity index (χ4n) is 1.04. The van der Waals surface area contributed by atoms with Crippen LogP contribution in [0.15, 0.2) is 0 Å². The molecule has 0 saturated carbocycles. The SMILES string of the molecule is CC[SiH2]OCC(O[SiH](C)C)O[SiH](C)C. The van der Waals surface area contributed by atoms with E-state index < -0.39 is 18.1 Å². The van der Waals surface area contributed by atoms with Crippen molar-refractivity contribution in [3.8, 4) is 0 Å². The van der Waals surface area contributed by atoms with E-state index in [0.29, 0.717) is 6.61 Å². The average molecular weight is 253 g/mol. The molecule has 86 valence electrons. The summed E-state index contributed by atoms with van der Waals surface area (Å²) in [5.74, 6) is 0. The predicted molar refractivity (Wildman–Crippen MR) is 68.7 cm³/mol. The second-order valence-corrected chi connectivity index (χ2v) is 10.4. The Hall–Kier alpha value is 0.531. The summed E-state index contributed by atoms with van der Waals surface area (Å²) >= 11 is 0. The fourth-order valence-corrected chi connectivity index (χ4v) is 3.32. The lowest BCUT2D eigenvalue weighted by Crippen LogP contribution is -2.32. The summed E-state index contributed by atoms with van der Waals surface area (Å²) in [6.07, 6.45) is -0.0765. The zero-order valence-corrected chi connectivity index (χ0v) is 13.8. The molecule has 0 fully saturated rings. The van der Waals surface area contributed by atoms with E-state index in [0.717, 1.165) is 0 Å². The van der Waals surface area contributed by atoms with Crippen LogP contribution in [-0.4, -0.2) is 40.7 Å². The van der Waals surface area contributed by atoms with E-state index in [1.165, 1.54) is 6.04 Å². The molecule has 0 radical (unpaired) electrons. The van der Waals surface area contributed by atoms with E-state index in [1.807, 2.05) is 0 Å². The smallest absolute Gasteiger partial charge is 0.174 e. The maximum atomic E-state index is 5.76. The number of hydrogen-bond acceptors (Lipinski definition) is 3. The van der Waals surface area contributed by atoms with E-state index in [4.69, 9.17) is 13.3 Å². The first-order chi connectivity index (χ1) is 6.56. The van der Waals surface area contributed by atoms with Gasteiger partial charge in [-0.05, 0) is 32.2 Å². The molecule has 0 bridgehead atoms. The summed E-state index contributed by atoms with van der Waals surface area (Å²) in [4.78, 5) is 0. The van der Waals surface area contributed by atoms with Crippen molar-refractivity contribution in [1.29, 1.82) is 0 Å². The molecule has 0 aromatic heterocycles. The molecule has 0 unspecified atom stereocenters. The second-order valence-electron chi connectivity index (χ2n) is 3.87. The Kier molecular flexibility index (Phi) is 9.14. The molecule has 0 spiro atoms. The van der Waals surface area contributed by atoms with E-state index in [1.54, 1.807) is 0 Å². The minimum Gasteiger partial charge on any atom is -0.419 e. The largest absolute Gasteiger partial charge is 0.419 e. The van der Waals surface area contributed by atoms with Crippen molar-refractivity contribution in [1.82, 2.24) is 0 Å². The van der Waals surface area contributed by atoms with Gasteiger partial charge in [0.2, 0.25) is 0 Å². The highest BCUT2D eigenvalue weighted by Crippen LogP contribution is 2.01. The molecular weight excluding hydrogens is 228 g/mol. The molecule has 14 heavy (non-hydrogen) atoms. The van der Waals surface area contributed by atoms with Gasteiger partial charge in [-0.25, -0.2) is 0 Å². The summed E-state index contributed by atoms with van der Waals surface area (Å²) in [6.45, 7) is 11.5. The molecule has 0 aliphatic rings. The molecule has 0 aromatic carbocycles. The Morgan fingerprint density at radius 2 is 1.57 bits per heavy atom. The van der Waals surface area contributed by atoms with Gasteiger partial charge in [-0.1, -0.05) is 6.92 Å². The number of rotatable bonds is 8. The van der Waals surface area contributed by atoms with Gasteiger partial charge < -0.3 is 13.3 Å². The van der Waals surface area contributed by atoms with Crippen molar-refractivity contribution < 1.29 is 13.3 Å². The topological polar surface area (TPSA) is 27.7 Å². The Balaban J connectivity index is 3.72. The molecule has 6 heteroatoms. The van der Waals surface area contributed by atoms with E-state index >= 15 is 0 Å². The van der Waals surface area contributed by atoms with Gasteiger partial charge in [-0.15, -0.1) is 0 Å². The third-order valence-corrected chi connectivity index (χ3v) is 4.08. The molecule has 0 saturated heterocycles. The highest BCUT2D eigenvalue weighted by Gasteiger charge is 2.13. The van der Waals surface area contributed by atoms with Crippen LogP contribution in [0.1, 0.15) is 6.92 Å². The molecule has 0 rings (SSSR count). The Morgan fingerprint density at radius 1 is 1.07 bits per heavy atom. The van der Waals surface area contributed by atoms with Gasteiger partial charge in [-0.2, -0.15) is 0 Å². The summed E-state index contributed by atoms with van der Waals surface area (Å²) < 4.78 is 17.1. The first-order valence-corrected chi connectivity index (χ1v) is 12.6. The second kappa shape index (κ2) is 8.81. The summed E-state index contributed by atoms with van der Waals surface area (Å²) in [6, 6.07) is 1.19. The van der Waals surface area contributed by atoms with Gasteiger partial charge in [0.15, 0.2) is 34.1 Å². The van der Waals surface area contributed by atoms with Gasteiger partial charge in [0.25, 0.3) is 0 Å². The van der Waals surface area contributed by atoms with Crippen LogP contribution in [0.2, 0.25) is 32.2 Å². The normalized spacial score (nSPS) is 12.9.